The number of hydrogen-bond acceptors (Lipinski definition) is 12. The van der Waals surface area contributed by atoms with Gasteiger partial charge in [-0.2, -0.15) is 20.5 Å². The number of amides is 4. The Bertz CT molecular complexity index is 2840. The molecule has 21 heteroatoms. The number of para-hydroxylation sites is 2. The third kappa shape index (κ3) is 13.9. The number of hydrogen-bond donors (Lipinski definition) is 4. The third-order valence-corrected chi connectivity index (χ3v) is 11.4. The number of nitrogens with one attached hydrogen (secondary N) is 4. The fourth-order valence-corrected chi connectivity index (χ4v) is 7.49. The van der Waals surface area contributed by atoms with Crippen molar-refractivity contribution >= 4 is 127 Å². The van der Waals surface area contributed by atoms with Crippen LogP contribution in [0.4, 0.5) is 34.1 Å². The van der Waals surface area contributed by atoms with Crippen LogP contribution in [-0.4, -0.2) is 67.4 Å². The minimum atomic E-state index is -1.64. The van der Waals surface area contributed by atoms with E-state index in [9.17, 15) is 28.8 Å². The van der Waals surface area contributed by atoms with E-state index in [0.29, 0.717) is 39.6 Å². The van der Waals surface area contributed by atoms with E-state index in [1.807, 2.05) is 0 Å². The first-order valence-electron chi connectivity index (χ1n) is 20.8. The highest BCUT2D eigenvalue weighted by atomic mass is 35.5. The maximum absolute atomic E-state index is 13.6. The van der Waals surface area contributed by atoms with E-state index in [2.05, 4.69) is 41.7 Å². The Balaban J connectivity index is 1.29. The maximum Gasteiger partial charge on any atom is 0.258 e. The monoisotopic (exact) mass is 1040 g/mol. The van der Waals surface area contributed by atoms with Gasteiger partial charge in [-0.1, -0.05) is 47.5 Å². The lowest BCUT2D eigenvalue weighted by Gasteiger charge is -2.16. The summed E-state index contributed by atoms with van der Waals surface area (Å²) in [4.78, 5) is 79.1. The second-order valence-corrected chi connectivity index (χ2v) is 17.6. The molecule has 0 aromatic heterocycles. The SMILES string of the molecule is COc1c(NC(=O)c2ccc(Cl)c(N=NC(C(C)=O)C(=O)Nc3ccc(NC(=O)C(N=Nc4cc(C(=O)Nc5cccc(C(C)Cl)c5OC)ccc4Cl)C(C)=O)c(CCCl)c3)c2)cccc1C(C)Cl. The number of ketones is 2. The van der Waals surface area contributed by atoms with E-state index in [1.165, 1.54) is 68.8 Å². The fraction of sp³-hybridized carbons (Fsp3) is 0.250. The molecule has 0 saturated carbocycles. The van der Waals surface area contributed by atoms with Gasteiger partial charge in [-0.15, -0.1) is 34.8 Å². The van der Waals surface area contributed by atoms with Crippen LogP contribution >= 0.6 is 58.0 Å². The smallest absolute Gasteiger partial charge is 0.258 e. The Hall–Kier alpha value is -6.43. The van der Waals surface area contributed by atoms with Crippen LogP contribution in [0.1, 0.15) is 75.9 Å². The lowest BCUT2D eigenvalue weighted by Crippen LogP contribution is -2.32. The molecule has 4 amide bonds. The predicted molar refractivity (Wildman–Crippen MR) is 269 cm³/mol. The van der Waals surface area contributed by atoms with Gasteiger partial charge in [0, 0.05) is 39.5 Å². The van der Waals surface area contributed by atoms with Crippen LogP contribution in [0.15, 0.2) is 111 Å². The first-order chi connectivity index (χ1) is 32.9. The van der Waals surface area contributed by atoms with Crippen LogP contribution in [0, 0.1) is 0 Å². The molecule has 4 N–H and O–H groups in total. The van der Waals surface area contributed by atoms with Gasteiger partial charge in [0.05, 0.1) is 46.4 Å². The zero-order valence-electron chi connectivity index (χ0n) is 37.8. The number of ether oxygens (including phenoxy) is 2. The van der Waals surface area contributed by atoms with E-state index in [1.54, 1.807) is 50.2 Å². The van der Waals surface area contributed by atoms with E-state index >= 15 is 0 Å². The van der Waals surface area contributed by atoms with Crippen molar-refractivity contribution in [2.75, 3.05) is 41.4 Å². The number of nitrogens with zero attached hydrogens (tertiary/aromatic N) is 4. The van der Waals surface area contributed by atoms with Gasteiger partial charge in [0.25, 0.3) is 23.6 Å². The van der Waals surface area contributed by atoms with E-state index in [-0.39, 0.29) is 56.2 Å². The molecule has 0 spiro atoms. The van der Waals surface area contributed by atoms with Crippen molar-refractivity contribution in [3.63, 3.8) is 0 Å². The number of carbonyl (C=O) groups excluding carboxylic acids is 6. The number of aryl methyl sites for hydroxylation is 1. The molecule has 5 aromatic rings. The topological polar surface area (TPSA) is 218 Å². The number of benzene rings is 5. The first kappa shape index (κ1) is 53.5. The number of methoxy groups -OCH3 is 2. The van der Waals surface area contributed by atoms with E-state index in [4.69, 9.17) is 67.5 Å². The molecule has 0 radical (unpaired) electrons. The summed E-state index contributed by atoms with van der Waals surface area (Å²) in [7, 11) is 2.92. The van der Waals surface area contributed by atoms with Gasteiger partial charge in [0.15, 0.2) is 11.6 Å². The van der Waals surface area contributed by atoms with Gasteiger partial charge in [-0.25, -0.2) is 0 Å². The lowest BCUT2D eigenvalue weighted by molar-refractivity contribution is -0.127. The average molecular weight is 1040 g/mol. The van der Waals surface area contributed by atoms with Crippen molar-refractivity contribution in [1.29, 1.82) is 0 Å². The normalized spacial score (nSPS) is 13.0. The molecular weight excluding hydrogens is 994 g/mol. The van der Waals surface area contributed by atoms with Gasteiger partial charge < -0.3 is 30.7 Å². The summed E-state index contributed by atoms with van der Waals surface area (Å²) in [6.07, 6.45) is 0.195. The minimum absolute atomic E-state index is 0.00511. The number of halogens is 5. The standard InChI is InChI=1S/C48H45Cl5N8O8/c1-24(50)32-9-7-11-37(43(32)68-5)56-45(64)29-13-16-34(52)39(22-29)58-60-41(26(3)62)47(66)54-31-15-18-36(28(21-31)19-20-49)55-48(67)42(27(4)63)61-59-40-23-30(14-17-35(40)53)46(65)57-38-12-8-10-33(25(2)51)44(38)69-6/h7-18,21-25,41-42H,19-20H2,1-6H3,(H,54,66)(H,55,67)(H,56,64)(H,57,65). The van der Waals surface area contributed by atoms with Crippen molar-refractivity contribution < 1.29 is 38.2 Å². The Morgan fingerprint density at radius 3 is 1.43 bits per heavy atom. The summed E-state index contributed by atoms with van der Waals surface area (Å²) in [6.45, 7) is 5.85. The molecule has 5 aromatic carbocycles. The number of Topliss-reactive ketones (excluding diaryl/α,β-unsaturated/α-hetero) is 2. The first-order valence-corrected chi connectivity index (χ1v) is 23.0. The highest BCUT2D eigenvalue weighted by molar-refractivity contribution is 6.33. The van der Waals surface area contributed by atoms with Crippen LogP contribution in [0.5, 0.6) is 11.5 Å². The molecule has 4 unspecified atom stereocenters. The van der Waals surface area contributed by atoms with Crippen molar-refractivity contribution in [3.8, 4) is 11.5 Å². The molecule has 0 aliphatic rings. The molecule has 0 bridgehead atoms. The van der Waals surface area contributed by atoms with Crippen LogP contribution in [0.3, 0.4) is 0 Å². The van der Waals surface area contributed by atoms with Gasteiger partial charge in [-0.3, -0.25) is 28.8 Å². The molecule has 0 saturated heterocycles. The minimum Gasteiger partial charge on any atom is -0.494 e. The van der Waals surface area contributed by atoms with Crippen molar-refractivity contribution in [3.05, 3.63) is 129 Å². The van der Waals surface area contributed by atoms with Gasteiger partial charge in [0.1, 0.15) is 22.9 Å². The zero-order chi connectivity index (χ0) is 50.5. The highest BCUT2D eigenvalue weighted by Gasteiger charge is 2.27. The largest absolute Gasteiger partial charge is 0.494 e. The molecular formula is C48H45Cl5N8O8. The third-order valence-electron chi connectivity index (χ3n) is 10.1. The van der Waals surface area contributed by atoms with Crippen molar-refractivity contribution in [2.24, 2.45) is 20.5 Å². The second-order valence-electron chi connectivity index (χ2n) is 15.1. The summed E-state index contributed by atoms with van der Waals surface area (Å²) < 4.78 is 11.0. The summed E-state index contributed by atoms with van der Waals surface area (Å²) in [5, 5.41) is 26.4. The molecule has 360 valence electrons. The zero-order valence-corrected chi connectivity index (χ0v) is 41.6. The molecule has 4 atom stereocenters. The molecule has 69 heavy (non-hydrogen) atoms. The Kier molecular flexibility index (Phi) is 19.2. The number of alkyl halides is 3. The molecule has 0 fully saturated rings. The molecule has 0 aliphatic heterocycles. The van der Waals surface area contributed by atoms with Crippen LogP contribution in [0.25, 0.3) is 0 Å². The van der Waals surface area contributed by atoms with Gasteiger partial charge in [0.2, 0.25) is 12.1 Å². The van der Waals surface area contributed by atoms with Crippen LogP contribution in [-0.2, 0) is 25.6 Å². The molecule has 0 aliphatic carbocycles. The Morgan fingerprint density at radius 1 is 0.580 bits per heavy atom. The summed E-state index contributed by atoms with van der Waals surface area (Å²) in [5.74, 6) is -3.20. The van der Waals surface area contributed by atoms with E-state index in [0.717, 1.165) is 13.8 Å². The Morgan fingerprint density at radius 2 is 1.03 bits per heavy atom. The average Bonchev–Trinajstić information content (AvgIpc) is 3.30. The predicted octanol–water partition coefficient (Wildman–Crippen LogP) is 12.3. The number of anilines is 4. The number of rotatable bonds is 20. The molecule has 5 rings (SSSR count). The maximum atomic E-state index is 13.6. The second kappa shape index (κ2) is 24.7. The summed E-state index contributed by atoms with van der Waals surface area (Å²) in [5.41, 5.74) is 3.28. The fourth-order valence-electron chi connectivity index (χ4n) is 6.63. The quantitative estimate of drug-likeness (QED) is 0.0333. The van der Waals surface area contributed by atoms with E-state index < -0.39 is 58.0 Å². The highest BCUT2D eigenvalue weighted by Crippen LogP contribution is 2.38. The Labute approximate surface area is 422 Å². The number of carbonyl (C=O) groups is 6. The van der Waals surface area contributed by atoms with Gasteiger partial charge in [-0.05, 0) is 106 Å². The summed E-state index contributed by atoms with van der Waals surface area (Å²) in [6, 6.07) is 19.9. The van der Waals surface area contributed by atoms with Crippen LogP contribution in [0.2, 0.25) is 10.0 Å². The molecule has 0 heterocycles. The van der Waals surface area contributed by atoms with Crippen molar-refractivity contribution in [1.82, 2.24) is 0 Å². The lowest BCUT2D eigenvalue weighted by atomic mass is 10.1. The summed E-state index contributed by atoms with van der Waals surface area (Å²) >= 11 is 31.5. The number of azo groups is 2. The molecule has 16 nitrogen and oxygen atoms in total. The van der Waals surface area contributed by atoms with Crippen LogP contribution < -0.4 is 30.7 Å². The van der Waals surface area contributed by atoms with Crippen molar-refractivity contribution in [2.45, 2.75) is 57.0 Å². The van der Waals surface area contributed by atoms with Gasteiger partial charge >= 0.3 is 0 Å².